The zero-order valence-corrected chi connectivity index (χ0v) is 14.5. The Kier molecular flexibility index (Phi) is 3.80. The topological polar surface area (TPSA) is 87.2 Å². The number of H-pyrrole nitrogens is 1. The average molecular weight is 341 g/mol. The molecule has 0 radical (unpaired) electrons. The van der Waals surface area contributed by atoms with Gasteiger partial charge in [0.05, 0.1) is 24.0 Å². The summed E-state index contributed by atoms with van der Waals surface area (Å²) in [5, 5.41) is 13.7. The van der Waals surface area contributed by atoms with Crippen molar-refractivity contribution in [1.82, 2.24) is 9.97 Å². The molecule has 1 aliphatic heterocycles. The molecule has 1 aliphatic carbocycles. The first-order valence-corrected chi connectivity index (χ1v) is 8.75. The Bertz CT molecular complexity index is 855. The van der Waals surface area contributed by atoms with Crippen LogP contribution in [0.2, 0.25) is 0 Å². The van der Waals surface area contributed by atoms with Gasteiger partial charge in [-0.15, -0.1) is 0 Å². The number of aliphatic hydroxyl groups excluding tert-OH is 1. The Morgan fingerprint density at radius 1 is 1.40 bits per heavy atom. The molecule has 1 aromatic carbocycles. The smallest absolute Gasteiger partial charge is 0.251 e. The van der Waals surface area contributed by atoms with Gasteiger partial charge in [0.2, 0.25) is 0 Å². The molecule has 2 aromatic rings. The highest BCUT2D eigenvalue weighted by Gasteiger charge is 2.34. The summed E-state index contributed by atoms with van der Waals surface area (Å²) >= 11 is 0. The molecule has 2 aliphatic rings. The van der Waals surface area contributed by atoms with Crippen LogP contribution in [0.1, 0.15) is 62.2 Å². The van der Waals surface area contributed by atoms with Gasteiger partial charge in [-0.1, -0.05) is 12.1 Å². The molecule has 0 bridgehead atoms. The quantitative estimate of drug-likeness (QED) is 0.796. The van der Waals surface area contributed by atoms with E-state index in [1.165, 1.54) is 6.07 Å². The fraction of sp³-hybridized carbons (Fsp3) is 0.474. The number of para-hydroxylation sites is 1. The lowest BCUT2D eigenvalue weighted by Gasteiger charge is -2.36. The number of hydrogen-bond donors (Lipinski definition) is 3. The van der Waals surface area contributed by atoms with Crippen molar-refractivity contribution in [3.8, 4) is 5.75 Å². The largest absolute Gasteiger partial charge is 0.485 e. The molecule has 0 amide bonds. The van der Waals surface area contributed by atoms with Crippen LogP contribution in [0, 0.1) is 0 Å². The number of nitrogens with one attached hydrogen (secondary N) is 2. The molecular formula is C19H23N3O3. The summed E-state index contributed by atoms with van der Waals surface area (Å²) in [5.41, 5.74) is 1.77. The summed E-state index contributed by atoms with van der Waals surface area (Å²) in [6.45, 7) is 4.37. The molecule has 0 spiro atoms. The summed E-state index contributed by atoms with van der Waals surface area (Å²) in [4.78, 5) is 19.2. The van der Waals surface area contributed by atoms with E-state index in [-0.39, 0.29) is 5.56 Å². The van der Waals surface area contributed by atoms with Gasteiger partial charge >= 0.3 is 0 Å². The Balaban J connectivity index is 1.58. The van der Waals surface area contributed by atoms with Gasteiger partial charge in [-0.05, 0) is 32.8 Å². The maximum Gasteiger partial charge on any atom is 0.251 e. The van der Waals surface area contributed by atoms with E-state index in [9.17, 15) is 9.90 Å². The number of benzene rings is 1. The zero-order valence-electron chi connectivity index (χ0n) is 14.5. The zero-order chi connectivity index (χ0) is 17.6. The van der Waals surface area contributed by atoms with Gasteiger partial charge < -0.3 is 20.1 Å². The van der Waals surface area contributed by atoms with E-state index in [2.05, 4.69) is 15.3 Å². The summed E-state index contributed by atoms with van der Waals surface area (Å²) in [5.74, 6) is 1.86. The summed E-state index contributed by atoms with van der Waals surface area (Å²) in [6, 6.07) is 7.22. The lowest BCUT2D eigenvalue weighted by molar-refractivity contribution is 0.0122. The lowest BCUT2D eigenvalue weighted by Crippen LogP contribution is -2.35. The molecule has 1 atom stereocenters. The fourth-order valence-corrected chi connectivity index (χ4v) is 3.32. The van der Waals surface area contributed by atoms with Crippen LogP contribution in [-0.2, 0) is 6.54 Å². The fourth-order valence-electron chi connectivity index (χ4n) is 3.32. The molecule has 25 heavy (non-hydrogen) atoms. The minimum absolute atomic E-state index is 0.114. The van der Waals surface area contributed by atoms with Crippen molar-refractivity contribution >= 4 is 5.69 Å². The normalized spacial score (nSPS) is 21.3. The molecule has 1 aromatic heterocycles. The van der Waals surface area contributed by atoms with E-state index < -0.39 is 11.7 Å². The van der Waals surface area contributed by atoms with E-state index in [4.69, 9.17) is 4.74 Å². The SMILES string of the molecule is CC1(C)CC(O)c2cccc(NCc3cc(=O)[nH]c(C4CC4)n3)c2O1. The van der Waals surface area contributed by atoms with Crippen molar-refractivity contribution in [1.29, 1.82) is 0 Å². The van der Waals surface area contributed by atoms with Crippen molar-refractivity contribution in [2.24, 2.45) is 0 Å². The number of nitrogens with zero attached hydrogens (tertiary/aromatic N) is 1. The first kappa shape index (κ1) is 16.1. The third-order valence-electron chi connectivity index (χ3n) is 4.70. The van der Waals surface area contributed by atoms with Gasteiger partial charge in [-0.3, -0.25) is 4.79 Å². The number of aliphatic hydroxyl groups is 1. The minimum atomic E-state index is -0.542. The van der Waals surface area contributed by atoms with Crippen molar-refractivity contribution in [3.05, 3.63) is 51.7 Å². The summed E-state index contributed by atoms with van der Waals surface area (Å²) in [7, 11) is 0. The number of aromatic amines is 1. The number of rotatable bonds is 4. The van der Waals surface area contributed by atoms with Crippen molar-refractivity contribution in [2.75, 3.05) is 5.32 Å². The molecule has 1 unspecified atom stereocenters. The van der Waals surface area contributed by atoms with Gasteiger partial charge in [-0.2, -0.15) is 0 Å². The van der Waals surface area contributed by atoms with Crippen LogP contribution in [0.5, 0.6) is 5.75 Å². The van der Waals surface area contributed by atoms with E-state index >= 15 is 0 Å². The number of fused-ring (bicyclic) bond motifs is 1. The van der Waals surface area contributed by atoms with Gasteiger partial charge in [0.1, 0.15) is 17.2 Å². The van der Waals surface area contributed by atoms with Crippen LogP contribution >= 0.6 is 0 Å². The molecule has 6 heteroatoms. The highest BCUT2D eigenvalue weighted by atomic mass is 16.5. The van der Waals surface area contributed by atoms with E-state index in [1.54, 1.807) is 0 Å². The van der Waals surface area contributed by atoms with Gasteiger partial charge in [-0.25, -0.2) is 4.98 Å². The van der Waals surface area contributed by atoms with Crippen LogP contribution in [0.3, 0.4) is 0 Å². The molecule has 1 saturated carbocycles. The summed E-state index contributed by atoms with van der Waals surface area (Å²) < 4.78 is 6.09. The summed E-state index contributed by atoms with van der Waals surface area (Å²) in [6.07, 6.45) is 2.20. The second-order valence-electron chi connectivity index (χ2n) is 7.56. The van der Waals surface area contributed by atoms with E-state index in [0.717, 1.165) is 29.9 Å². The highest BCUT2D eigenvalue weighted by molar-refractivity contribution is 5.61. The third-order valence-corrected chi connectivity index (χ3v) is 4.70. The molecule has 1 fully saturated rings. The van der Waals surface area contributed by atoms with E-state index in [0.29, 0.717) is 30.3 Å². The number of aromatic nitrogens is 2. The second-order valence-corrected chi connectivity index (χ2v) is 7.56. The van der Waals surface area contributed by atoms with Crippen LogP contribution in [0.4, 0.5) is 5.69 Å². The van der Waals surface area contributed by atoms with Crippen molar-refractivity contribution in [3.63, 3.8) is 0 Å². The Morgan fingerprint density at radius 3 is 2.96 bits per heavy atom. The van der Waals surface area contributed by atoms with Crippen molar-refractivity contribution in [2.45, 2.75) is 57.3 Å². The molecule has 6 nitrogen and oxygen atoms in total. The van der Waals surface area contributed by atoms with Crippen LogP contribution in [-0.4, -0.2) is 20.7 Å². The molecule has 3 N–H and O–H groups in total. The van der Waals surface area contributed by atoms with Gasteiger partial charge in [0.15, 0.2) is 0 Å². The minimum Gasteiger partial charge on any atom is -0.485 e. The van der Waals surface area contributed by atoms with Crippen LogP contribution < -0.4 is 15.6 Å². The second kappa shape index (κ2) is 5.88. The van der Waals surface area contributed by atoms with Gasteiger partial charge in [0, 0.05) is 24.0 Å². The molecule has 0 saturated heterocycles. The predicted molar refractivity (Wildman–Crippen MR) is 94.9 cm³/mol. The first-order valence-electron chi connectivity index (χ1n) is 8.75. The standard InChI is InChI=1S/C19H23N3O3/c1-19(2)9-15(23)13-4-3-5-14(17(13)25-19)20-10-12-8-16(24)22-18(21-12)11-6-7-11/h3-5,8,11,15,20,23H,6-7,9-10H2,1-2H3,(H,21,22,24). The third kappa shape index (κ3) is 3.39. The molecular weight excluding hydrogens is 318 g/mol. The number of anilines is 1. The molecule has 4 rings (SSSR count). The molecule has 132 valence electrons. The van der Waals surface area contributed by atoms with Crippen LogP contribution in [0.15, 0.2) is 29.1 Å². The highest BCUT2D eigenvalue weighted by Crippen LogP contribution is 2.43. The Labute approximate surface area is 146 Å². The maximum absolute atomic E-state index is 11.8. The molecule has 2 heterocycles. The number of hydrogen-bond acceptors (Lipinski definition) is 5. The van der Waals surface area contributed by atoms with Gasteiger partial charge in [0.25, 0.3) is 5.56 Å². The predicted octanol–water partition coefficient (Wildman–Crippen LogP) is 2.85. The maximum atomic E-state index is 11.8. The lowest BCUT2D eigenvalue weighted by atomic mass is 9.91. The van der Waals surface area contributed by atoms with Crippen molar-refractivity contribution < 1.29 is 9.84 Å². The van der Waals surface area contributed by atoms with Crippen LogP contribution in [0.25, 0.3) is 0 Å². The number of ether oxygens (including phenoxy) is 1. The monoisotopic (exact) mass is 341 g/mol. The Hall–Kier alpha value is -2.34. The Morgan fingerprint density at radius 2 is 2.20 bits per heavy atom. The average Bonchev–Trinajstić information content (AvgIpc) is 3.36. The van der Waals surface area contributed by atoms with E-state index in [1.807, 2.05) is 32.0 Å². The first-order chi connectivity index (χ1) is 11.9.